The Balaban J connectivity index is 0.00000180. The first-order valence-electron chi connectivity index (χ1n) is 5.68. The van der Waals surface area contributed by atoms with E-state index in [1.54, 1.807) is 0 Å². The molecule has 0 aromatic heterocycles. The summed E-state index contributed by atoms with van der Waals surface area (Å²) in [5.41, 5.74) is 5.52. The van der Waals surface area contributed by atoms with Crippen molar-refractivity contribution in [2.24, 2.45) is 5.73 Å². The number of benzene rings is 1. The molecule has 3 nitrogen and oxygen atoms in total. The predicted octanol–water partition coefficient (Wildman–Crippen LogP) is 2.71. The number of nitrogens with two attached hydrogens (primary N) is 1. The minimum Gasteiger partial charge on any atom is -0.337 e. The number of hydrogen-bond donors (Lipinski definition) is 1. The second-order valence-corrected chi connectivity index (χ2v) is 5.25. The van der Waals surface area contributed by atoms with Crippen molar-refractivity contribution >= 4 is 34.2 Å². The van der Waals surface area contributed by atoms with E-state index in [1.807, 2.05) is 0 Å². The van der Waals surface area contributed by atoms with Gasteiger partial charge in [0, 0.05) is 19.1 Å². The first kappa shape index (κ1) is 16.3. The number of likely N-dealkylation sites (tertiary alicyclic amines) is 1. The Morgan fingerprint density at radius 1 is 1.37 bits per heavy atom. The lowest BCUT2D eigenvalue weighted by atomic mass is 10.1. The summed E-state index contributed by atoms with van der Waals surface area (Å²) in [6, 6.07) is 1.79. The molecule has 1 atom stereocenters. The molecule has 2 N–H and O–H groups in total. The Morgan fingerprint density at radius 2 is 2.05 bits per heavy atom. The third-order valence-corrected chi connectivity index (χ3v) is 3.59. The minimum absolute atomic E-state index is 0. The lowest BCUT2D eigenvalue weighted by molar-refractivity contribution is 0.0703. The maximum absolute atomic E-state index is 13.7. The molecule has 0 radical (unpaired) electrons. The van der Waals surface area contributed by atoms with E-state index >= 15 is 0 Å². The van der Waals surface area contributed by atoms with Crippen LogP contribution in [0.25, 0.3) is 0 Å². The average Bonchev–Trinajstić information content (AvgIpc) is 2.33. The highest BCUT2D eigenvalue weighted by atomic mass is 79.9. The molecular formula is C12H14BrClF2N2O. The van der Waals surface area contributed by atoms with Crippen LogP contribution in [0.2, 0.25) is 0 Å². The normalized spacial score (nSPS) is 18.9. The first-order chi connectivity index (χ1) is 8.49. The van der Waals surface area contributed by atoms with Crippen LogP contribution in [0.4, 0.5) is 8.78 Å². The highest BCUT2D eigenvalue weighted by molar-refractivity contribution is 9.10. The molecule has 106 valence electrons. The molecule has 1 heterocycles. The molecule has 1 unspecified atom stereocenters. The van der Waals surface area contributed by atoms with Gasteiger partial charge in [-0.25, -0.2) is 8.78 Å². The summed E-state index contributed by atoms with van der Waals surface area (Å²) >= 11 is 2.87. The lowest BCUT2D eigenvalue weighted by Crippen LogP contribution is -2.45. The SMILES string of the molecule is Cl.NC1CCCN(C(=O)c2cc(F)c(Br)cc2F)C1. The van der Waals surface area contributed by atoms with Crippen LogP contribution in [-0.2, 0) is 0 Å². The number of carbonyl (C=O) groups excluding carboxylic acids is 1. The Morgan fingerprint density at radius 3 is 2.68 bits per heavy atom. The van der Waals surface area contributed by atoms with Crippen LogP contribution in [0.3, 0.4) is 0 Å². The summed E-state index contributed by atoms with van der Waals surface area (Å²) < 4.78 is 27.0. The topological polar surface area (TPSA) is 46.3 Å². The van der Waals surface area contributed by atoms with Crippen LogP contribution in [0, 0.1) is 11.6 Å². The Labute approximate surface area is 124 Å². The predicted molar refractivity (Wildman–Crippen MR) is 74.4 cm³/mol. The quantitative estimate of drug-likeness (QED) is 0.787. The smallest absolute Gasteiger partial charge is 0.256 e. The van der Waals surface area contributed by atoms with Crippen molar-refractivity contribution in [3.8, 4) is 0 Å². The zero-order chi connectivity index (χ0) is 13.3. The largest absolute Gasteiger partial charge is 0.337 e. The van der Waals surface area contributed by atoms with Gasteiger partial charge in [-0.1, -0.05) is 0 Å². The van der Waals surface area contributed by atoms with Gasteiger partial charge in [-0.05, 0) is 40.9 Å². The Bertz CT molecular complexity index is 487. The van der Waals surface area contributed by atoms with Gasteiger partial charge in [0.15, 0.2) is 0 Å². The fourth-order valence-electron chi connectivity index (χ4n) is 2.05. The number of hydrogen-bond acceptors (Lipinski definition) is 2. The van der Waals surface area contributed by atoms with Crippen molar-refractivity contribution in [2.45, 2.75) is 18.9 Å². The van der Waals surface area contributed by atoms with E-state index in [4.69, 9.17) is 5.73 Å². The van der Waals surface area contributed by atoms with Crippen molar-refractivity contribution in [2.75, 3.05) is 13.1 Å². The van der Waals surface area contributed by atoms with Gasteiger partial charge in [0.25, 0.3) is 5.91 Å². The van der Waals surface area contributed by atoms with Gasteiger partial charge >= 0.3 is 0 Å². The van der Waals surface area contributed by atoms with Crippen LogP contribution < -0.4 is 5.73 Å². The zero-order valence-electron chi connectivity index (χ0n) is 10.0. The molecule has 1 aliphatic heterocycles. The van der Waals surface area contributed by atoms with Gasteiger partial charge < -0.3 is 10.6 Å². The third-order valence-electron chi connectivity index (χ3n) is 2.99. The maximum atomic E-state index is 13.7. The van der Waals surface area contributed by atoms with Crippen molar-refractivity contribution in [3.63, 3.8) is 0 Å². The van der Waals surface area contributed by atoms with Gasteiger partial charge in [0.05, 0.1) is 10.0 Å². The summed E-state index contributed by atoms with van der Waals surface area (Å²) in [6.07, 6.45) is 1.63. The molecule has 1 amide bonds. The van der Waals surface area contributed by atoms with Crippen LogP contribution in [0.15, 0.2) is 16.6 Å². The van der Waals surface area contributed by atoms with Gasteiger partial charge in [0.2, 0.25) is 0 Å². The van der Waals surface area contributed by atoms with E-state index in [0.29, 0.717) is 13.1 Å². The second kappa shape index (κ2) is 6.63. The van der Waals surface area contributed by atoms with Crippen LogP contribution in [0.5, 0.6) is 0 Å². The maximum Gasteiger partial charge on any atom is 0.256 e. The molecule has 0 aliphatic carbocycles. The van der Waals surface area contributed by atoms with Crippen LogP contribution >= 0.6 is 28.3 Å². The van der Waals surface area contributed by atoms with Crippen LogP contribution in [0.1, 0.15) is 23.2 Å². The third kappa shape index (κ3) is 3.64. The summed E-state index contributed by atoms with van der Waals surface area (Å²) in [5, 5.41) is 0. The Hall–Kier alpha value is -0.720. The van der Waals surface area contributed by atoms with E-state index in [1.165, 1.54) is 4.90 Å². The number of rotatable bonds is 1. The lowest BCUT2D eigenvalue weighted by Gasteiger charge is -2.30. The molecule has 0 bridgehead atoms. The molecule has 1 aromatic rings. The second-order valence-electron chi connectivity index (χ2n) is 4.40. The van der Waals surface area contributed by atoms with Crippen molar-refractivity contribution < 1.29 is 13.6 Å². The monoisotopic (exact) mass is 354 g/mol. The van der Waals surface area contributed by atoms with E-state index in [0.717, 1.165) is 25.0 Å². The number of piperidine rings is 1. The first-order valence-corrected chi connectivity index (χ1v) is 6.47. The van der Waals surface area contributed by atoms with E-state index in [-0.39, 0.29) is 28.5 Å². The fourth-order valence-corrected chi connectivity index (χ4v) is 2.37. The summed E-state index contributed by atoms with van der Waals surface area (Å²) in [5.74, 6) is -1.89. The molecule has 1 aromatic carbocycles. The Kier molecular flexibility index (Phi) is 5.70. The molecule has 1 saturated heterocycles. The number of carbonyl (C=O) groups is 1. The highest BCUT2D eigenvalue weighted by Gasteiger charge is 2.25. The molecule has 1 aliphatic rings. The molecule has 2 rings (SSSR count). The summed E-state index contributed by atoms with van der Waals surface area (Å²) in [6.45, 7) is 0.916. The molecular weight excluding hydrogens is 341 g/mol. The van der Waals surface area contributed by atoms with Crippen molar-refractivity contribution in [3.05, 3.63) is 33.8 Å². The van der Waals surface area contributed by atoms with E-state index < -0.39 is 17.5 Å². The number of amides is 1. The fraction of sp³-hybridized carbons (Fsp3) is 0.417. The number of nitrogens with zero attached hydrogens (tertiary/aromatic N) is 1. The van der Waals surface area contributed by atoms with Gasteiger partial charge in [-0.3, -0.25) is 4.79 Å². The average molecular weight is 356 g/mol. The zero-order valence-corrected chi connectivity index (χ0v) is 12.4. The summed E-state index contributed by atoms with van der Waals surface area (Å²) in [7, 11) is 0. The van der Waals surface area contributed by atoms with Crippen LogP contribution in [-0.4, -0.2) is 29.9 Å². The minimum atomic E-state index is -0.729. The molecule has 7 heteroatoms. The van der Waals surface area contributed by atoms with Crippen molar-refractivity contribution in [1.82, 2.24) is 4.90 Å². The summed E-state index contributed by atoms with van der Waals surface area (Å²) in [4.78, 5) is 13.6. The molecule has 1 fully saturated rings. The number of halogens is 4. The molecule has 19 heavy (non-hydrogen) atoms. The van der Waals surface area contributed by atoms with Gasteiger partial charge in [-0.2, -0.15) is 0 Å². The van der Waals surface area contributed by atoms with E-state index in [2.05, 4.69) is 15.9 Å². The van der Waals surface area contributed by atoms with Gasteiger partial charge in [0.1, 0.15) is 11.6 Å². The standard InChI is InChI=1S/C12H13BrF2N2O.ClH/c13-9-5-10(14)8(4-11(9)15)12(18)17-3-1-2-7(16)6-17;/h4-5,7H,1-3,6,16H2;1H. The van der Waals surface area contributed by atoms with Crippen molar-refractivity contribution in [1.29, 1.82) is 0 Å². The molecule has 0 spiro atoms. The molecule has 0 saturated carbocycles. The van der Waals surface area contributed by atoms with Gasteiger partial charge in [-0.15, -0.1) is 12.4 Å². The van der Waals surface area contributed by atoms with E-state index in [9.17, 15) is 13.6 Å². The highest BCUT2D eigenvalue weighted by Crippen LogP contribution is 2.22.